The summed E-state index contributed by atoms with van der Waals surface area (Å²) in [5.74, 6) is -0.137. The average Bonchev–Trinajstić information content (AvgIpc) is 2.79. The van der Waals surface area contributed by atoms with Gasteiger partial charge >= 0.3 is 0 Å². The highest BCUT2D eigenvalue weighted by Crippen LogP contribution is 2.11. The van der Waals surface area contributed by atoms with Crippen LogP contribution < -0.4 is 0 Å². The summed E-state index contributed by atoms with van der Waals surface area (Å²) in [6.45, 7) is 6.39. The summed E-state index contributed by atoms with van der Waals surface area (Å²) in [6.07, 6.45) is 2.30. The van der Waals surface area contributed by atoms with Gasteiger partial charge in [0.15, 0.2) is 0 Å². The Balaban J connectivity index is 1.47. The number of benzene rings is 2. The van der Waals surface area contributed by atoms with Gasteiger partial charge in [-0.15, -0.1) is 0 Å². The van der Waals surface area contributed by atoms with E-state index in [2.05, 4.69) is 40.1 Å². The summed E-state index contributed by atoms with van der Waals surface area (Å²) in [7, 11) is 0. The molecule has 1 fully saturated rings. The average molecular weight is 312 g/mol. The molecule has 0 bridgehead atoms. The van der Waals surface area contributed by atoms with E-state index in [4.69, 9.17) is 0 Å². The third-order valence-electron chi connectivity index (χ3n) is 4.54. The zero-order valence-corrected chi connectivity index (χ0v) is 13.6. The van der Waals surface area contributed by atoms with Gasteiger partial charge in [-0.2, -0.15) is 0 Å². The monoisotopic (exact) mass is 312 g/mol. The maximum Gasteiger partial charge on any atom is 0.123 e. The minimum absolute atomic E-state index is 0.137. The first-order valence-corrected chi connectivity index (χ1v) is 8.53. The van der Waals surface area contributed by atoms with Gasteiger partial charge in [-0.3, -0.25) is 4.90 Å². The van der Waals surface area contributed by atoms with Crippen LogP contribution in [0.25, 0.3) is 0 Å². The summed E-state index contributed by atoms with van der Waals surface area (Å²) >= 11 is 0. The van der Waals surface area contributed by atoms with Crippen molar-refractivity contribution in [2.45, 2.75) is 19.4 Å². The highest BCUT2D eigenvalue weighted by Gasteiger charge is 2.15. The van der Waals surface area contributed by atoms with E-state index < -0.39 is 0 Å². The first-order chi connectivity index (χ1) is 11.3. The van der Waals surface area contributed by atoms with Gasteiger partial charge in [0.1, 0.15) is 5.82 Å². The molecule has 0 unspecified atom stereocenters. The molecule has 2 aromatic carbocycles. The van der Waals surface area contributed by atoms with Crippen LogP contribution in [-0.4, -0.2) is 42.5 Å². The number of halogens is 1. The normalized spacial score (nSPS) is 17.1. The Kier molecular flexibility index (Phi) is 5.78. The molecule has 0 N–H and O–H groups in total. The van der Waals surface area contributed by atoms with Crippen molar-refractivity contribution < 1.29 is 4.39 Å². The molecule has 1 aliphatic heterocycles. The van der Waals surface area contributed by atoms with Gasteiger partial charge in [0.2, 0.25) is 0 Å². The molecule has 0 atom stereocenters. The van der Waals surface area contributed by atoms with Crippen molar-refractivity contribution in [1.29, 1.82) is 0 Å². The molecule has 0 saturated carbocycles. The van der Waals surface area contributed by atoms with Crippen LogP contribution in [0.4, 0.5) is 4.39 Å². The predicted molar refractivity (Wildman–Crippen MR) is 92.9 cm³/mol. The fourth-order valence-corrected chi connectivity index (χ4v) is 3.23. The zero-order valence-electron chi connectivity index (χ0n) is 13.6. The standard InChI is InChI=1S/C20H25FN2/c21-20-9-4-8-19(16-20)17-23-12-5-11-22(14-15-23)13-10-18-6-2-1-3-7-18/h1-4,6-9,16H,5,10-15,17H2. The summed E-state index contributed by atoms with van der Waals surface area (Å²) in [5.41, 5.74) is 2.48. The lowest BCUT2D eigenvalue weighted by molar-refractivity contribution is 0.253. The molecular weight excluding hydrogens is 287 g/mol. The summed E-state index contributed by atoms with van der Waals surface area (Å²) in [6, 6.07) is 17.7. The number of nitrogens with zero attached hydrogens (tertiary/aromatic N) is 2. The van der Waals surface area contributed by atoms with E-state index in [0.29, 0.717) is 0 Å². The Morgan fingerprint density at radius 2 is 1.52 bits per heavy atom. The van der Waals surface area contributed by atoms with Crippen LogP contribution in [0.15, 0.2) is 54.6 Å². The second-order valence-corrected chi connectivity index (χ2v) is 6.34. The fourth-order valence-electron chi connectivity index (χ4n) is 3.23. The first-order valence-electron chi connectivity index (χ1n) is 8.53. The van der Waals surface area contributed by atoms with E-state index in [9.17, 15) is 4.39 Å². The minimum atomic E-state index is -0.137. The van der Waals surface area contributed by atoms with Gasteiger partial charge < -0.3 is 4.90 Å². The van der Waals surface area contributed by atoms with Crippen molar-refractivity contribution in [3.8, 4) is 0 Å². The molecular formula is C20H25FN2. The van der Waals surface area contributed by atoms with Crippen LogP contribution in [0.5, 0.6) is 0 Å². The zero-order chi connectivity index (χ0) is 15.9. The van der Waals surface area contributed by atoms with Gasteiger partial charge in [0.25, 0.3) is 0 Å². The first kappa shape index (κ1) is 16.2. The lowest BCUT2D eigenvalue weighted by atomic mass is 10.1. The SMILES string of the molecule is Fc1cccc(CN2CCCN(CCc3ccccc3)CC2)c1. The topological polar surface area (TPSA) is 6.48 Å². The van der Waals surface area contributed by atoms with Crippen LogP contribution >= 0.6 is 0 Å². The van der Waals surface area contributed by atoms with Crippen molar-refractivity contribution >= 4 is 0 Å². The predicted octanol–water partition coefficient (Wildman–Crippen LogP) is 3.58. The van der Waals surface area contributed by atoms with Crippen LogP contribution in [-0.2, 0) is 13.0 Å². The molecule has 23 heavy (non-hydrogen) atoms. The fraction of sp³-hybridized carbons (Fsp3) is 0.400. The van der Waals surface area contributed by atoms with Crippen molar-refractivity contribution in [3.05, 3.63) is 71.5 Å². The molecule has 0 spiro atoms. The van der Waals surface area contributed by atoms with Crippen LogP contribution in [0, 0.1) is 5.82 Å². The van der Waals surface area contributed by atoms with Gasteiger partial charge in [-0.1, -0.05) is 42.5 Å². The third kappa shape index (κ3) is 5.15. The van der Waals surface area contributed by atoms with E-state index in [1.54, 1.807) is 12.1 Å². The van der Waals surface area contributed by atoms with E-state index >= 15 is 0 Å². The molecule has 1 saturated heterocycles. The Bertz CT molecular complexity index is 600. The van der Waals surface area contributed by atoms with E-state index in [1.807, 2.05) is 6.07 Å². The molecule has 2 aromatic rings. The van der Waals surface area contributed by atoms with E-state index in [-0.39, 0.29) is 5.82 Å². The van der Waals surface area contributed by atoms with Crippen LogP contribution in [0.1, 0.15) is 17.5 Å². The second kappa shape index (κ2) is 8.23. The molecule has 0 aromatic heterocycles. The smallest absolute Gasteiger partial charge is 0.123 e. The molecule has 3 rings (SSSR count). The lowest BCUT2D eigenvalue weighted by Crippen LogP contribution is -2.31. The second-order valence-electron chi connectivity index (χ2n) is 6.34. The van der Waals surface area contributed by atoms with Crippen molar-refractivity contribution in [1.82, 2.24) is 9.80 Å². The Hall–Kier alpha value is -1.71. The summed E-state index contributed by atoms with van der Waals surface area (Å²) in [5, 5.41) is 0. The molecule has 0 radical (unpaired) electrons. The van der Waals surface area contributed by atoms with E-state index in [1.165, 1.54) is 18.1 Å². The molecule has 122 valence electrons. The number of hydrogen-bond donors (Lipinski definition) is 0. The highest BCUT2D eigenvalue weighted by molar-refractivity contribution is 5.16. The minimum Gasteiger partial charge on any atom is -0.302 e. The molecule has 0 aliphatic carbocycles. The molecule has 3 heteroatoms. The number of hydrogen-bond acceptors (Lipinski definition) is 2. The molecule has 2 nitrogen and oxygen atoms in total. The molecule has 1 aliphatic rings. The highest BCUT2D eigenvalue weighted by atomic mass is 19.1. The number of rotatable bonds is 5. The quantitative estimate of drug-likeness (QED) is 0.833. The largest absolute Gasteiger partial charge is 0.302 e. The van der Waals surface area contributed by atoms with Gasteiger partial charge in [-0.25, -0.2) is 4.39 Å². The molecule has 1 heterocycles. The molecule has 0 amide bonds. The Morgan fingerprint density at radius 1 is 0.783 bits per heavy atom. The van der Waals surface area contributed by atoms with Crippen molar-refractivity contribution in [2.75, 3.05) is 32.7 Å². The Labute approximate surface area is 138 Å². The van der Waals surface area contributed by atoms with Gasteiger partial charge in [0.05, 0.1) is 0 Å². The third-order valence-corrected chi connectivity index (χ3v) is 4.54. The summed E-state index contributed by atoms with van der Waals surface area (Å²) in [4.78, 5) is 5.00. The van der Waals surface area contributed by atoms with Crippen molar-refractivity contribution in [2.24, 2.45) is 0 Å². The Morgan fingerprint density at radius 3 is 2.35 bits per heavy atom. The lowest BCUT2D eigenvalue weighted by Gasteiger charge is -2.22. The van der Waals surface area contributed by atoms with Gasteiger partial charge in [-0.05, 0) is 49.2 Å². The maximum absolute atomic E-state index is 13.3. The van der Waals surface area contributed by atoms with Crippen LogP contribution in [0.3, 0.4) is 0 Å². The maximum atomic E-state index is 13.3. The van der Waals surface area contributed by atoms with E-state index in [0.717, 1.165) is 51.3 Å². The van der Waals surface area contributed by atoms with Crippen molar-refractivity contribution in [3.63, 3.8) is 0 Å². The summed E-state index contributed by atoms with van der Waals surface area (Å²) < 4.78 is 13.3. The van der Waals surface area contributed by atoms with Crippen LogP contribution in [0.2, 0.25) is 0 Å². The van der Waals surface area contributed by atoms with Gasteiger partial charge in [0, 0.05) is 26.2 Å².